The van der Waals surface area contributed by atoms with Gasteiger partial charge in [0.25, 0.3) is 0 Å². The van der Waals surface area contributed by atoms with Crippen LogP contribution in [0.4, 0.5) is 0 Å². The molecule has 26 heavy (non-hydrogen) atoms. The highest BCUT2D eigenvalue weighted by molar-refractivity contribution is 6.19. The Balaban J connectivity index is 0.000000210. The fourth-order valence-electron chi connectivity index (χ4n) is 4.06. The van der Waals surface area contributed by atoms with Gasteiger partial charge in [-0.1, -0.05) is 18.7 Å². The minimum Gasteiger partial charge on any atom is -1.00 e. The topological polar surface area (TPSA) is 9.72 Å². The SMILES string of the molecule is C1CN2CCN1CC2.C=C(C)CCl.C=C(C)C[N+]12CCN(CC1)CC2.[Cl-]. The summed E-state index contributed by atoms with van der Waals surface area (Å²) in [5.74, 6) is 0.583. The van der Waals surface area contributed by atoms with Crippen LogP contribution in [-0.4, -0.2) is 110 Å². The molecule has 0 radical (unpaired) electrons. The van der Waals surface area contributed by atoms with E-state index in [2.05, 4.69) is 34.8 Å². The molecule has 0 N–H and O–H groups in total. The molecule has 0 unspecified atom stereocenters. The number of rotatable bonds is 3. The number of fused-ring (bicyclic) bond motifs is 6. The second-order valence-corrected chi connectivity index (χ2v) is 8.51. The monoisotopic (exact) mass is 404 g/mol. The van der Waals surface area contributed by atoms with Crippen LogP contribution in [0.2, 0.25) is 0 Å². The molecule has 6 fully saturated rings. The number of hydrogen-bond acceptors (Lipinski definition) is 3. The third-order valence-corrected chi connectivity index (χ3v) is 6.16. The molecule has 0 spiro atoms. The van der Waals surface area contributed by atoms with Gasteiger partial charge in [-0.3, -0.25) is 14.7 Å². The van der Waals surface area contributed by atoms with E-state index in [1.54, 1.807) is 0 Å². The predicted octanol–water partition coefficient (Wildman–Crippen LogP) is -0.869. The van der Waals surface area contributed by atoms with Gasteiger partial charge in [-0.05, 0) is 19.4 Å². The van der Waals surface area contributed by atoms with E-state index in [9.17, 15) is 0 Å². The lowest BCUT2D eigenvalue weighted by atomic mass is 10.1. The van der Waals surface area contributed by atoms with Crippen molar-refractivity contribution in [1.29, 1.82) is 0 Å². The molecule has 0 aliphatic carbocycles. The summed E-state index contributed by atoms with van der Waals surface area (Å²) in [7, 11) is 0. The molecule has 4 bridgehead atoms. The standard InChI is InChI=1S/C10H19N2.C6H12N2.C4H7Cl.ClH/c1-10(2)9-12-6-3-11(4-7-12)5-8-12;1-2-8-5-3-7(1)4-6-8;1-4(2)3-5;/h1,3-9H2,2H3;1-6H2;1,3H2,2H3;1H/q+1;;;/p-1. The number of alkyl halides is 1. The fourth-order valence-corrected chi connectivity index (χ4v) is 4.06. The van der Waals surface area contributed by atoms with Gasteiger partial charge < -0.3 is 16.9 Å². The molecular formula is C20H38Cl2N4. The van der Waals surface area contributed by atoms with Gasteiger partial charge in [-0.2, -0.15) is 0 Å². The Morgan fingerprint density at radius 2 is 1.04 bits per heavy atom. The van der Waals surface area contributed by atoms with E-state index >= 15 is 0 Å². The number of piperazine rings is 6. The predicted molar refractivity (Wildman–Crippen MR) is 109 cm³/mol. The number of halogens is 2. The van der Waals surface area contributed by atoms with Crippen molar-refractivity contribution >= 4 is 11.6 Å². The maximum atomic E-state index is 5.24. The second-order valence-electron chi connectivity index (χ2n) is 8.24. The van der Waals surface area contributed by atoms with Crippen molar-refractivity contribution in [2.75, 3.05) is 91.0 Å². The molecular weight excluding hydrogens is 367 g/mol. The van der Waals surface area contributed by atoms with Gasteiger partial charge in [-0.15, -0.1) is 11.6 Å². The van der Waals surface area contributed by atoms with Gasteiger partial charge in [0, 0.05) is 64.8 Å². The van der Waals surface area contributed by atoms with Gasteiger partial charge in [-0.25, -0.2) is 0 Å². The summed E-state index contributed by atoms with van der Waals surface area (Å²) in [6.45, 7) is 28.8. The van der Waals surface area contributed by atoms with Crippen LogP contribution in [-0.2, 0) is 0 Å². The Morgan fingerprint density at radius 1 is 0.731 bits per heavy atom. The average molecular weight is 405 g/mol. The van der Waals surface area contributed by atoms with Crippen LogP contribution in [0.3, 0.4) is 0 Å². The van der Waals surface area contributed by atoms with Crippen molar-refractivity contribution < 1.29 is 16.9 Å². The third-order valence-electron chi connectivity index (χ3n) is 5.70. The van der Waals surface area contributed by atoms with Gasteiger partial charge >= 0.3 is 0 Å². The first-order valence-corrected chi connectivity index (χ1v) is 10.3. The van der Waals surface area contributed by atoms with Crippen LogP contribution in [0, 0.1) is 0 Å². The molecule has 152 valence electrons. The zero-order chi connectivity index (χ0) is 18.3. The summed E-state index contributed by atoms with van der Waals surface area (Å²) in [5, 5.41) is 0. The van der Waals surface area contributed by atoms with Crippen LogP contribution in [0.15, 0.2) is 24.3 Å². The van der Waals surface area contributed by atoms with Crippen LogP contribution in [0.5, 0.6) is 0 Å². The third kappa shape index (κ3) is 7.87. The molecule has 0 aromatic heterocycles. The van der Waals surface area contributed by atoms with E-state index in [1.165, 1.54) is 95.1 Å². The molecule has 6 rings (SSSR count). The van der Waals surface area contributed by atoms with Gasteiger partial charge in [0.1, 0.15) is 0 Å². The maximum Gasteiger partial charge on any atom is 0.0999 e. The van der Waals surface area contributed by atoms with E-state index in [0.29, 0.717) is 5.88 Å². The summed E-state index contributed by atoms with van der Waals surface area (Å²) >= 11 is 5.24. The average Bonchev–Trinajstić information content (AvgIpc) is 2.65. The van der Waals surface area contributed by atoms with E-state index in [1.807, 2.05) is 6.92 Å². The van der Waals surface area contributed by atoms with Crippen LogP contribution in [0.1, 0.15) is 13.8 Å². The first-order valence-electron chi connectivity index (χ1n) is 9.79. The van der Waals surface area contributed by atoms with Gasteiger partial charge in [0.15, 0.2) is 0 Å². The summed E-state index contributed by atoms with van der Waals surface area (Å²) in [5.41, 5.74) is 2.37. The first-order chi connectivity index (χ1) is 11.9. The van der Waals surface area contributed by atoms with Crippen LogP contribution < -0.4 is 12.4 Å². The van der Waals surface area contributed by atoms with Crippen LogP contribution in [0.25, 0.3) is 0 Å². The number of quaternary nitrogens is 1. The lowest BCUT2D eigenvalue weighted by Gasteiger charge is -2.50. The van der Waals surface area contributed by atoms with Gasteiger partial charge in [0.05, 0.1) is 26.2 Å². The maximum absolute atomic E-state index is 5.24. The summed E-state index contributed by atoms with van der Waals surface area (Å²) in [6, 6.07) is 0. The number of hydrogen-bond donors (Lipinski definition) is 0. The zero-order valence-corrected chi connectivity index (χ0v) is 18.4. The molecule has 6 heterocycles. The van der Waals surface area contributed by atoms with Crippen molar-refractivity contribution in [1.82, 2.24) is 14.7 Å². The molecule has 6 aliphatic heterocycles. The zero-order valence-electron chi connectivity index (χ0n) is 16.9. The first kappa shape index (κ1) is 23.9. The molecule has 0 aromatic rings. The minimum absolute atomic E-state index is 0. The summed E-state index contributed by atoms with van der Waals surface area (Å²) < 4.78 is 1.33. The summed E-state index contributed by atoms with van der Waals surface area (Å²) in [4.78, 5) is 7.67. The highest BCUT2D eigenvalue weighted by atomic mass is 35.5. The fraction of sp³-hybridized carbons (Fsp3) is 0.800. The molecule has 0 saturated carbocycles. The smallest absolute Gasteiger partial charge is 0.0999 e. The molecule has 0 aromatic carbocycles. The Bertz CT molecular complexity index is 402. The highest BCUT2D eigenvalue weighted by Crippen LogP contribution is 2.20. The molecule has 6 heteroatoms. The Labute approximate surface area is 172 Å². The normalized spacial score (nSPS) is 33.7. The lowest BCUT2D eigenvalue weighted by molar-refractivity contribution is -0.936. The Hall–Kier alpha value is -0.100. The van der Waals surface area contributed by atoms with Crippen LogP contribution >= 0.6 is 11.6 Å². The molecule has 0 atom stereocenters. The molecule has 4 nitrogen and oxygen atoms in total. The van der Waals surface area contributed by atoms with E-state index in [-0.39, 0.29) is 12.4 Å². The van der Waals surface area contributed by atoms with Crippen molar-refractivity contribution in [3.05, 3.63) is 24.3 Å². The van der Waals surface area contributed by atoms with Crippen molar-refractivity contribution in [3.8, 4) is 0 Å². The lowest BCUT2D eigenvalue weighted by Crippen LogP contribution is -3.00. The molecule has 0 amide bonds. The van der Waals surface area contributed by atoms with E-state index in [4.69, 9.17) is 11.6 Å². The van der Waals surface area contributed by atoms with E-state index < -0.39 is 0 Å². The van der Waals surface area contributed by atoms with E-state index in [0.717, 1.165) is 5.57 Å². The number of allylic oxidation sites excluding steroid dienone is 1. The highest BCUT2D eigenvalue weighted by Gasteiger charge is 2.37. The second kappa shape index (κ2) is 11.7. The van der Waals surface area contributed by atoms with Crippen molar-refractivity contribution in [3.63, 3.8) is 0 Å². The Kier molecular flexibility index (Phi) is 10.8. The molecule has 6 saturated heterocycles. The van der Waals surface area contributed by atoms with Gasteiger partial charge in [0.2, 0.25) is 0 Å². The Morgan fingerprint density at radius 3 is 1.27 bits per heavy atom. The van der Waals surface area contributed by atoms with Crippen molar-refractivity contribution in [2.45, 2.75) is 13.8 Å². The minimum atomic E-state index is 0. The molecule has 6 aliphatic rings. The largest absolute Gasteiger partial charge is 1.00 e. The van der Waals surface area contributed by atoms with Crippen molar-refractivity contribution in [2.24, 2.45) is 0 Å². The number of nitrogens with zero attached hydrogens (tertiary/aromatic N) is 4. The summed E-state index contributed by atoms with van der Waals surface area (Å²) in [6.07, 6.45) is 0. The quantitative estimate of drug-likeness (QED) is 0.344.